The molecule has 2 saturated carbocycles. The van der Waals surface area contributed by atoms with Gasteiger partial charge in [0.05, 0.1) is 24.9 Å². The summed E-state index contributed by atoms with van der Waals surface area (Å²) in [6, 6.07) is 0.754. The molecular weight excluding hydrogens is 905 g/mol. The van der Waals surface area contributed by atoms with E-state index in [1.54, 1.807) is 0 Å². The van der Waals surface area contributed by atoms with Gasteiger partial charge in [0, 0.05) is 50.3 Å². The van der Waals surface area contributed by atoms with Crippen molar-refractivity contribution in [1.29, 1.82) is 0 Å². The molecule has 2 aliphatic carbocycles. The third kappa shape index (κ3) is 14.3. The van der Waals surface area contributed by atoms with E-state index in [1.807, 2.05) is 23.9 Å². The highest BCUT2D eigenvalue weighted by molar-refractivity contribution is 6.28. The van der Waals surface area contributed by atoms with Crippen molar-refractivity contribution >= 4 is 71.1 Å². The largest absolute Gasteiger partial charge is 0.351 e. The predicted molar refractivity (Wildman–Crippen MR) is 245 cm³/mol. The molecule has 4 aliphatic rings. The molecule has 6 atom stereocenters. The Morgan fingerprint density at radius 3 is 1.27 bits per heavy atom. The number of likely N-dealkylation sites (N-methyl/N-ethyl adjacent to an activating group) is 2. The average molecular weight is 972 g/mol. The van der Waals surface area contributed by atoms with E-state index >= 15 is 8.78 Å². The van der Waals surface area contributed by atoms with Crippen LogP contribution in [0.3, 0.4) is 0 Å². The van der Waals surface area contributed by atoms with Crippen LogP contribution in [0.15, 0.2) is 0 Å². The lowest BCUT2D eigenvalue weighted by atomic mass is 9.92. The monoisotopic (exact) mass is 970 g/mol. The molecule has 368 valence electrons. The maximum atomic E-state index is 15.3. The Hall–Kier alpha value is -4.48. The van der Waals surface area contributed by atoms with Gasteiger partial charge in [0.1, 0.15) is 0 Å². The fourth-order valence-corrected chi connectivity index (χ4v) is 9.70. The van der Waals surface area contributed by atoms with E-state index in [-0.39, 0.29) is 83.9 Å². The first kappa shape index (κ1) is 52.5. The smallest absolute Gasteiger partial charge is 0.243 e. The van der Waals surface area contributed by atoms with Crippen molar-refractivity contribution in [2.45, 2.75) is 116 Å². The summed E-state index contributed by atoms with van der Waals surface area (Å²) in [6.07, 6.45) is 9.99. The highest BCUT2D eigenvalue weighted by atomic mass is 35.5. The normalized spacial score (nSPS) is 22.8. The number of anilines is 4. The van der Waals surface area contributed by atoms with Gasteiger partial charge in [-0.05, 0) is 89.7 Å². The van der Waals surface area contributed by atoms with Crippen LogP contribution in [0, 0.1) is 35.3 Å². The van der Waals surface area contributed by atoms with Gasteiger partial charge in [-0.3, -0.25) is 61.1 Å². The standard InChI is InChI=1S/2C21H33ClFN7O3/c2*1-13-9-29(10-14(2)28(13)3)19-17(23)18(24-21(22)25-19)26-27-20(32)16(11-30(33)12-31)8-15-6-4-5-7-15/h2*12-16,33H,4-11H2,1-3H3,(H,27,32)(H,24,25,26)/t2*13-,14-,16+/m00/s1. The summed E-state index contributed by atoms with van der Waals surface area (Å²) in [5.41, 5.74) is 9.98. The zero-order chi connectivity index (χ0) is 48.2. The van der Waals surface area contributed by atoms with Gasteiger partial charge in [-0.1, -0.05) is 51.4 Å². The second-order valence-corrected chi connectivity index (χ2v) is 19.0. The summed E-state index contributed by atoms with van der Waals surface area (Å²) < 4.78 is 30.6. The molecule has 2 aromatic rings. The highest BCUT2D eigenvalue weighted by Crippen LogP contribution is 2.33. The maximum Gasteiger partial charge on any atom is 0.243 e. The molecule has 2 aliphatic heterocycles. The quantitative estimate of drug-likeness (QED) is 0.0521. The van der Waals surface area contributed by atoms with Crippen molar-refractivity contribution < 1.29 is 38.4 Å². The van der Waals surface area contributed by atoms with Crippen LogP contribution >= 0.6 is 23.2 Å². The zero-order valence-corrected chi connectivity index (χ0v) is 40.1. The maximum absolute atomic E-state index is 15.3. The molecule has 0 unspecified atom stereocenters. The predicted octanol–water partition coefficient (Wildman–Crippen LogP) is 4.57. The van der Waals surface area contributed by atoms with E-state index in [0.29, 0.717) is 61.0 Å². The van der Waals surface area contributed by atoms with E-state index in [1.165, 1.54) is 0 Å². The van der Waals surface area contributed by atoms with Crippen LogP contribution < -0.4 is 31.5 Å². The molecule has 6 rings (SSSR count). The molecule has 20 nitrogen and oxygen atoms in total. The van der Waals surface area contributed by atoms with Gasteiger partial charge >= 0.3 is 0 Å². The highest BCUT2D eigenvalue weighted by Gasteiger charge is 2.33. The first-order valence-corrected chi connectivity index (χ1v) is 23.5. The molecule has 66 heavy (non-hydrogen) atoms. The van der Waals surface area contributed by atoms with Gasteiger partial charge in [-0.25, -0.2) is 10.1 Å². The first-order chi connectivity index (χ1) is 31.4. The van der Waals surface area contributed by atoms with Crippen molar-refractivity contribution in [3.63, 3.8) is 0 Å². The average Bonchev–Trinajstić information content (AvgIpc) is 4.02. The fourth-order valence-electron chi connectivity index (χ4n) is 9.37. The Kier molecular flexibility index (Phi) is 19.5. The van der Waals surface area contributed by atoms with E-state index in [9.17, 15) is 29.6 Å². The Labute approximate surface area is 395 Å². The van der Waals surface area contributed by atoms with Gasteiger partial charge in [-0.2, -0.15) is 28.7 Å². The SMILES string of the molecule is C[C@H]1CN(c2nc(Cl)nc(NNC(=O)[C@H](CC3CCCC3)CN(O)C=O)c2F)C[C@H](C)N1C.C[C@H]1CN(c2nc(Cl)nc(NNC(=O)[C@H](CC3CCCC3)CN(O)C=O)c2F)C[C@H](C)N1C. The molecular formula is C42H66Cl2F2N14O6. The first-order valence-electron chi connectivity index (χ1n) is 22.7. The number of hydrogen-bond acceptors (Lipinski definition) is 16. The Balaban J connectivity index is 0.000000247. The third-order valence-electron chi connectivity index (χ3n) is 13.5. The molecule has 4 fully saturated rings. The van der Waals surface area contributed by atoms with Gasteiger partial charge in [0.2, 0.25) is 46.8 Å². The van der Waals surface area contributed by atoms with E-state index in [2.05, 4.69) is 79.1 Å². The number of halogens is 4. The van der Waals surface area contributed by atoms with Crippen molar-refractivity contribution in [3.05, 3.63) is 22.2 Å². The zero-order valence-electron chi connectivity index (χ0n) is 38.6. The number of piperazine rings is 2. The number of carbonyl (C=O) groups excluding carboxylic acids is 4. The van der Waals surface area contributed by atoms with Gasteiger partial charge < -0.3 is 9.80 Å². The molecule has 4 amide bonds. The number of aromatic nitrogens is 4. The number of carbonyl (C=O) groups is 4. The fraction of sp³-hybridized carbons (Fsp3) is 0.714. The summed E-state index contributed by atoms with van der Waals surface area (Å²) in [4.78, 5) is 71.4. The number of hydrogen-bond donors (Lipinski definition) is 6. The number of hydrazine groups is 2. The summed E-state index contributed by atoms with van der Waals surface area (Å²) in [5, 5.41) is 19.8. The van der Waals surface area contributed by atoms with Crippen LogP contribution in [0.2, 0.25) is 10.6 Å². The van der Waals surface area contributed by atoms with Gasteiger partial charge in [0.25, 0.3) is 0 Å². The minimum absolute atomic E-state index is 0.0727. The lowest BCUT2D eigenvalue weighted by Crippen LogP contribution is -2.55. The topological polar surface area (TPSA) is 228 Å². The Morgan fingerprint density at radius 2 is 0.970 bits per heavy atom. The number of amides is 4. The number of nitrogens with one attached hydrogen (secondary N) is 4. The van der Waals surface area contributed by atoms with Crippen molar-refractivity contribution in [2.24, 2.45) is 23.7 Å². The summed E-state index contributed by atoms with van der Waals surface area (Å²) >= 11 is 12.1. The molecule has 2 aromatic heterocycles. The van der Waals surface area contributed by atoms with Crippen LogP contribution in [-0.4, -0.2) is 152 Å². The molecule has 0 bridgehead atoms. The molecule has 0 radical (unpaired) electrons. The molecule has 24 heteroatoms. The molecule has 6 N–H and O–H groups in total. The molecule has 4 heterocycles. The molecule has 0 aromatic carbocycles. The van der Waals surface area contributed by atoms with E-state index in [4.69, 9.17) is 23.2 Å². The van der Waals surface area contributed by atoms with Crippen LogP contribution in [0.4, 0.5) is 32.1 Å². The van der Waals surface area contributed by atoms with Gasteiger partial charge in [0.15, 0.2) is 23.3 Å². The minimum atomic E-state index is -0.715. The summed E-state index contributed by atoms with van der Waals surface area (Å²) in [7, 11) is 4.05. The Bertz CT molecular complexity index is 1800. The van der Waals surface area contributed by atoms with Crippen LogP contribution in [0.25, 0.3) is 0 Å². The Morgan fingerprint density at radius 1 is 0.652 bits per heavy atom. The second kappa shape index (κ2) is 24.5. The van der Waals surface area contributed by atoms with Crippen molar-refractivity contribution in [2.75, 3.05) is 74.0 Å². The van der Waals surface area contributed by atoms with Gasteiger partial charge in [-0.15, -0.1) is 0 Å². The lowest BCUT2D eigenvalue weighted by Gasteiger charge is -2.43. The lowest BCUT2D eigenvalue weighted by molar-refractivity contribution is -0.155. The molecule has 0 spiro atoms. The number of nitrogens with zero attached hydrogens (tertiary/aromatic N) is 10. The van der Waals surface area contributed by atoms with Crippen molar-refractivity contribution in [1.82, 2.24) is 50.7 Å². The van der Waals surface area contributed by atoms with Crippen molar-refractivity contribution in [3.8, 4) is 0 Å². The van der Waals surface area contributed by atoms with E-state index < -0.39 is 35.3 Å². The number of rotatable bonds is 18. The van der Waals surface area contributed by atoms with Crippen LogP contribution in [0.1, 0.15) is 91.9 Å². The van der Waals surface area contributed by atoms with Crippen LogP contribution in [-0.2, 0) is 19.2 Å². The van der Waals surface area contributed by atoms with E-state index in [0.717, 1.165) is 51.4 Å². The summed E-state index contributed by atoms with van der Waals surface area (Å²) in [6.45, 7) is 10.2. The summed E-state index contributed by atoms with van der Waals surface area (Å²) in [5.74, 6) is -3.34. The second-order valence-electron chi connectivity index (χ2n) is 18.3. The number of hydroxylamine groups is 4. The minimum Gasteiger partial charge on any atom is -0.351 e. The molecule has 2 saturated heterocycles. The third-order valence-corrected chi connectivity index (χ3v) is 13.9. The van der Waals surface area contributed by atoms with Crippen LogP contribution in [0.5, 0.6) is 0 Å².